The second-order valence-corrected chi connectivity index (χ2v) is 6.44. The van der Waals surface area contributed by atoms with Crippen LogP contribution in [0, 0.1) is 0 Å². The molecule has 1 heterocycles. The molecule has 1 aromatic carbocycles. The summed E-state index contributed by atoms with van der Waals surface area (Å²) in [4.78, 5) is 23.5. The molecule has 1 fully saturated rings. The molecule has 4 heteroatoms. The van der Waals surface area contributed by atoms with Crippen molar-refractivity contribution in [3.8, 4) is 5.75 Å². The van der Waals surface area contributed by atoms with Crippen molar-refractivity contribution in [3.05, 3.63) is 29.3 Å². The molecule has 114 valence electrons. The number of carbonyl (C=O) groups is 2. The first-order valence-electron chi connectivity index (χ1n) is 7.44. The van der Waals surface area contributed by atoms with E-state index in [1.165, 1.54) is 0 Å². The van der Waals surface area contributed by atoms with Crippen molar-refractivity contribution >= 4 is 11.8 Å². The highest BCUT2D eigenvalue weighted by Gasteiger charge is 2.31. The SMILES string of the molecule is CCOc1ccc(C(C)(C)C)cc1C1CCC(=O)NC1=O. The van der Waals surface area contributed by atoms with Gasteiger partial charge >= 0.3 is 0 Å². The lowest BCUT2D eigenvalue weighted by molar-refractivity contribution is -0.134. The summed E-state index contributed by atoms with van der Waals surface area (Å²) in [5, 5.41) is 2.42. The highest BCUT2D eigenvalue weighted by atomic mass is 16.5. The molecule has 0 aromatic heterocycles. The van der Waals surface area contributed by atoms with Gasteiger partial charge in [-0.3, -0.25) is 14.9 Å². The van der Waals surface area contributed by atoms with E-state index in [4.69, 9.17) is 4.74 Å². The minimum absolute atomic E-state index is 0.000453. The van der Waals surface area contributed by atoms with Crippen LogP contribution in [0.25, 0.3) is 0 Å². The Balaban J connectivity index is 2.43. The fourth-order valence-electron chi connectivity index (χ4n) is 2.56. The largest absolute Gasteiger partial charge is 0.494 e. The standard InChI is InChI=1S/C17H23NO3/c1-5-21-14-8-6-11(17(2,3)4)10-13(14)12-7-9-15(19)18-16(12)20/h6,8,10,12H,5,7,9H2,1-4H3,(H,18,19,20). The lowest BCUT2D eigenvalue weighted by atomic mass is 9.82. The van der Waals surface area contributed by atoms with Gasteiger partial charge < -0.3 is 4.74 Å². The molecule has 0 radical (unpaired) electrons. The van der Waals surface area contributed by atoms with Crippen molar-refractivity contribution in [1.29, 1.82) is 0 Å². The van der Waals surface area contributed by atoms with E-state index in [0.29, 0.717) is 19.4 Å². The highest BCUT2D eigenvalue weighted by molar-refractivity contribution is 6.01. The zero-order chi connectivity index (χ0) is 15.6. The van der Waals surface area contributed by atoms with E-state index in [1.807, 2.05) is 25.1 Å². The molecule has 2 rings (SSSR count). The summed E-state index contributed by atoms with van der Waals surface area (Å²) >= 11 is 0. The quantitative estimate of drug-likeness (QED) is 0.870. The first kappa shape index (κ1) is 15.5. The number of nitrogens with one attached hydrogen (secondary N) is 1. The Bertz CT molecular complexity index is 558. The Labute approximate surface area is 125 Å². The maximum absolute atomic E-state index is 12.1. The molecule has 0 spiro atoms. The van der Waals surface area contributed by atoms with Gasteiger partial charge in [-0.05, 0) is 30.4 Å². The van der Waals surface area contributed by atoms with Crippen LogP contribution in [-0.4, -0.2) is 18.4 Å². The van der Waals surface area contributed by atoms with Crippen LogP contribution in [0.4, 0.5) is 0 Å². The molecule has 2 amide bonds. The number of amides is 2. The molecule has 4 nitrogen and oxygen atoms in total. The number of carbonyl (C=O) groups excluding carboxylic acids is 2. The summed E-state index contributed by atoms with van der Waals surface area (Å²) in [6, 6.07) is 6.02. The number of rotatable bonds is 3. The number of ether oxygens (including phenoxy) is 1. The van der Waals surface area contributed by atoms with Crippen molar-refractivity contribution in [1.82, 2.24) is 5.32 Å². The van der Waals surface area contributed by atoms with Crippen LogP contribution in [0.5, 0.6) is 5.75 Å². The Morgan fingerprint density at radius 3 is 2.57 bits per heavy atom. The van der Waals surface area contributed by atoms with Crippen LogP contribution in [0.3, 0.4) is 0 Å². The van der Waals surface area contributed by atoms with E-state index < -0.39 is 0 Å². The zero-order valence-electron chi connectivity index (χ0n) is 13.2. The zero-order valence-corrected chi connectivity index (χ0v) is 13.2. The minimum Gasteiger partial charge on any atom is -0.494 e. The Hall–Kier alpha value is -1.84. The van der Waals surface area contributed by atoms with E-state index in [0.717, 1.165) is 16.9 Å². The van der Waals surface area contributed by atoms with Gasteiger partial charge in [0.2, 0.25) is 11.8 Å². The van der Waals surface area contributed by atoms with Gasteiger partial charge in [0.1, 0.15) is 5.75 Å². The molecule has 1 aliphatic heterocycles. The van der Waals surface area contributed by atoms with E-state index in [2.05, 4.69) is 26.1 Å². The van der Waals surface area contributed by atoms with Crippen LogP contribution in [0.15, 0.2) is 18.2 Å². The monoisotopic (exact) mass is 289 g/mol. The summed E-state index contributed by atoms with van der Waals surface area (Å²) < 4.78 is 5.67. The normalized spacial score (nSPS) is 19.3. The Kier molecular flexibility index (Phi) is 4.35. The average molecular weight is 289 g/mol. The summed E-state index contributed by atoms with van der Waals surface area (Å²) in [5.74, 6) is 0.00555. The predicted molar refractivity (Wildman–Crippen MR) is 81.4 cm³/mol. The maximum Gasteiger partial charge on any atom is 0.234 e. The summed E-state index contributed by atoms with van der Waals surface area (Å²) in [6.07, 6.45) is 0.917. The fraction of sp³-hybridized carbons (Fsp3) is 0.529. The number of benzene rings is 1. The second kappa shape index (κ2) is 5.88. The molecule has 0 saturated carbocycles. The molecule has 1 aromatic rings. The first-order valence-corrected chi connectivity index (χ1v) is 7.44. The molecular weight excluding hydrogens is 266 g/mol. The van der Waals surface area contributed by atoms with Crippen LogP contribution in [0.2, 0.25) is 0 Å². The van der Waals surface area contributed by atoms with E-state index in [1.54, 1.807) is 0 Å². The minimum atomic E-state index is -0.313. The molecule has 1 atom stereocenters. The van der Waals surface area contributed by atoms with Gasteiger partial charge in [-0.1, -0.05) is 32.9 Å². The summed E-state index contributed by atoms with van der Waals surface area (Å²) in [6.45, 7) is 8.88. The van der Waals surface area contributed by atoms with Crippen molar-refractivity contribution in [2.45, 2.75) is 51.9 Å². The molecule has 1 aliphatic rings. The number of piperidine rings is 1. The van der Waals surface area contributed by atoms with Gasteiger partial charge in [-0.2, -0.15) is 0 Å². The van der Waals surface area contributed by atoms with Crippen molar-refractivity contribution < 1.29 is 14.3 Å². The third-order valence-electron chi connectivity index (χ3n) is 3.79. The third kappa shape index (κ3) is 3.43. The van der Waals surface area contributed by atoms with Crippen LogP contribution >= 0.6 is 0 Å². The van der Waals surface area contributed by atoms with Gasteiger partial charge in [0, 0.05) is 12.0 Å². The van der Waals surface area contributed by atoms with Crippen LogP contribution < -0.4 is 10.1 Å². The lowest BCUT2D eigenvalue weighted by Gasteiger charge is -2.26. The van der Waals surface area contributed by atoms with Gasteiger partial charge in [0.15, 0.2) is 0 Å². The third-order valence-corrected chi connectivity index (χ3v) is 3.79. The van der Waals surface area contributed by atoms with Crippen LogP contribution in [-0.2, 0) is 15.0 Å². The second-order valence-electron chi connectivity index (χ2n) is 6.44. The number of imide groups is 1. The number of hydrogen-bond acceptors (Lipinski definition) is 3. The lowest BCUT2D eigenvalue weighted by Crippen LogP contribution is -2.39. The summed E-state index contributed by atoms with van der Waals surface area (Å²) in [5.41, 5.74) is 2.04. The van der Waals surface area contributed by atoms with Crippen LogP contribution in [0.1, 0.15) is 57.6 Å². The van der Waals surface area contributed by atoms with Crippen molar-refractivity contribution in [2.75, 3.05) is 6.61 Å². The molecule has 21 heavy (non-hydrogen) atoms. The fourth-order valence-corrected chi connectivity index (χ4v) is 2.56. The summed E-state index contributed by atoms with van der Waals surface area (Å²) in [7, 11) is 0. The predicted octanol–water partition coefficient (Wildman–Crippen LogP) is 2.90. The molecule has 1 N–H and O–H groups in total. The molecule has 0 aliphatic carbocycles. The van der Waals surface area contributed by atoms with Crippen molar-refractivity contribution in [3.63, 3.8) is 0 Å². The number of hydrogen-bond donors (Lipinski definition) is 1. The van der Waals surface area contributed by atoms with E-state index in [9.17, 15) is 9.59 Å². The highest BCUT2D eigenvalue weighted by Crippen LogP contribution is 2.35. The first-order chi connectivity index (χ1) is 9.82. The molecule has 0 bridgehead atoms. The van der Waals surface area contributed by atoms with E-state index in [-0.39, 0.29) is 23.1 Å². The molecule has 1 saturated heterocycles. The maximum atomic E-state index is 12.1. The smallest absolute Gasteiger partial charge is 0.234 e. The van der Waals surface area contributed by atoms with E-state index >= 15 is 0 Å². The Morgan fingerprint density at radius 2 is 2.00 bits per heavy atom. The Morgan fingerprint density at radius 1 is 1.29 bits per heavy atom. The van der Waals surface area contributed by atoms with Crippen molar-refractivity contribution in [2.24, 2.45) is 0 Å². The molecule has 1 unspecified atom stereocenters. The van der Waals surface area contributed by atoms with Gasteiger partial charge in [-0.25, -0.2) is 0 Å². The van der Waals surface area contributed by atoms with Gasteiger partial charge in [0.25, 0.3) is 0 Å². The average Bonchev–Trinajstić information content (AvgIpc) is 2.39. The molecular formula is C17H23NO3. The van der Waals surface area contributed by atoms with Gasteiger partial charge in [0.05, 0.1) is 12.5 Å². The van der Waals surface area contributed by atoms with Gasteiger partial charge in [-0.15, -0.1) is 0 Å². The topological polar surface area (TPSA) is 55.4 Å².